The molecule has 0 aromatic carbocycles. The van der Waals surface area contributed by atoms with Gasteiger partial charge < -0.3 is 5.32 Å². The highest BCUT2D eigenvalue weighted by Gasteiger charge is 2.18. The zero-order valence-corrected chi connectivity index (χ0v) is 12.2. The van der Waals surface area contributed by atoms with E-state index in [9.17, 15) is 0 Å². The van der Waals surface area contributed by atoms with Crippen molar-refractivity contribution < 1.29 is 0 Å². The van der Waals surface area contributed by atoms with Crippen LogP contribution in [0.4, 0.5) is 0 Å². The van der Waals surface area contributed by atoms with Crippen molar-refractivity contribution in [1.29, 1.82) is 0 Å². The Morgan fingerprint density at radius 1 is 1.00 bits per heavy atom. The van der Waals surface area contributed by atoms with E-state index in [0.717, 1.165) is 24.4 Å². The number of rotatable bonds is 10. The van der Waals surface area contributed by atoms with E-state index in [0.29, 0.717) is 0 Å². The largest absolute Gasteiger partial charge is 0.314 e. The molecule has 0 rings (SSSR count). The first kappa shape index (κ1) is 16.0. The minimum atomic E-state index is 0.733. The molecule has 0 aliphatic heterocycles. The summed E-state index contributed by atoms with van der Waals surface area (Å²) in [4.78, 5) is 0. The molecule has 16 heavy (non-hydrogen) atoms. The van der Waals surface area contributed by atoms with E-state index >= 15 is 0 Å². The summed E-state index contributed by atoms with van der Waals surface area (Å²) in [6, 6.07) is 0.733. The van der Waals surface area contributed by atoms with E-state index < -0.39 is 0 Å². The molecule has 0 saturated heterocycles. The molecule has 0 radical (unpaired) electrons. The van der Waals surface area contributed by atoms with Gasteiger partial charge in [0.05, 0.1) is 0 Å². The summed E-state index contributed by atoms with van der Waals surface area (Å²) in [5.74, 6) is 1.74. The summed E-state index contributed by atoms with van der Waals surface area (Å²) < 4.78 is 0. The Labute approximate surface area is 103 Å². The van der Waals surface area contributed by atoms with Crippen molar-refractivity contribution >= 4 is 0 Å². The molecule has 0 aliphatic rings. The maximum absolute atomic E-state index is 3.67. The van der Waals surface area contributed by atoms with Crippen LogP contribution in [0.5, 0.6) is 0 Å². The van der Waals surface area contributed by atoms with E-state index in [-0.39, 0.29) is 0 Å². The van der Waals surface area contributed by atoms with Crippen LogP contribution in [0.1, 0.15) is 73.1 Å². The second-order valence-corrected chi connectivity index (χ2v) is 5.20. The lowest BCUT2D eigenvalue weighted by atomic mass is 9.86. The average Bonchev–Trinajstić information content (AvgIpc) is 2.32. The first-order valence-electron chi connectivity index (χ1n) is 7.42. The highest BCUT2D eigenvalue weighted by molar-refractivity contribution is 4.75. The third-order valence-electron chi connectivity index (χ3n) is 3.93. The van der Waals surface area contributed by atoms with Crippen LogP contribution in [0.2, 0.25) is 0 Å². The summed E-state index contributed by atoms with van der Waals surface area (Å²) >= 11 is 0. The minimum absolute atomic E-state index is 0.733. The third-order valence-corrected chi connectivity index (χ3v) is 3.93. The van der Waals surface area contributed by atoms with Gasteiger partial charge in [-0.25, -0.2) is 0 Å². The van der Waals surface area contributed by atoms with Crippen molar-refractivity contribution in [3.8, 4) is 0 Å². The van der Waals surface area contributed by atoms with Crippen LogP contribution in [0.3, 0.4) is 0 Å². The Bertz CT molecular complexity index is 144. The zero-order chi connectivity index (χ0) is 12.4. The van der Waals surface area contributed by atoms with E-state index in [2.05, 4.69) is 39.9 Å². The van der Waals surface area contributed by atoms with Gasteiger partial charge in [-0.3, -0.25) is 0 Å². The highest BCUT2D eigenvalue weighted by atomic mass is 14.9. The monoisotopic (exact) mass is 227 g/mol. The SMILES string of the molecule is CCCCC(CC)CC(NCC)C(C)CC. The molecule has 0 saturated carbocycles. The summed E-state index contributed by atoms with van der Waals surface area (Å²) in [7, 11) is 0. The van der Waals surface area contributed by atoms with Crippen LogP contribution in [0.15, 0.2) is 0 Å². The second kappa shape index (κ2) is 10.1. The van der Waals surface area contributed by atoms with E-state index in [1.165, 1.54) is 38.5 Å². The molecular formula is C15H33N. The molecule has 0 spiro atoms. The van der Waals surface area contributed by atoms with Crippen molar-refractivity contribution in [3.63, 3.8) is 0 Å². The van der Waals surface area contributed by atoms with E-state index in [4.69, 9.17) is 0 Å². The average molecular weight is 227 g/mol. The van der Waals surface area contributed by atoms with Crippen molar-refractivity contribution in [2.45, 2.75) is 79.2 Å². The third kappa shape index (κ3) is 6.52. The molecule has 3 atom stereocenters. The van der Waals surface area contributed by atoms with Crippen LogP contribution >= 0.6 is 0 Å². The first-order valence-corrected chi connectivity index (χ1v) is 7.42. The Kier molecular flexibility index (Phi) is 10.1. The fourth-order valence-electron chi connectivity index (χ4n) is 2.40. The molecule has 1 nitrogen and oxygen atoms in total. The van der Waals surface area contributed by atoms with Gasteiger partial charge >= 0.3 is 0 Å². The molecule has 0 aromatic heterocycles. The van der Waals surface area contributed by atoms with Gasteiger partial charge in [-0.05, 0) is 24.8 Å². The van der Waals surface area contributed by atoms with E-state index in [1.54, 1.807) is 0 Å². The number of hydrogen-bond donors (Lipinski definition) is 1. The molecule has 0 amide bonds. The molecule has 0 heterocycles. The maximum Gasteiger partial charge on any atom is 0.00951 e. The predicted octanol–water partition coefficient (Wildman–Crippen LogP) is 4.62. The summed E-state index contributed by atoms with van der Waals surface area (Å²) in [6.45, 7) is 12.7. The molecule has 0 bridgehead atoms. The molecule has 0 aromatic rings. The van der Waals surface area contributed by atoms with Crippen molar-refractivity contribution in [3.05, 3.63) is 0 Å². The standard InChI is InChI=1S/C15H33N/c1-6-10-11-14(8-3)12-15(16-9-4)13(5)7-2/h13-16H,6-12H2,1-5H3. The topological polar surface area (TPSA) is 12.0 Å². The molecular weight excluding hydrogens is 194 g/mol. The Morgan fingerprint density at radius 2 is 1.69 bits per heavy atom. The first-order chi connectivity index (χ1) is 7.69. The molecule has 1 N–H and O–H groups in total. The molecule has 1 heteroatoms. The van der Waals surface area contributed by atoms with Gasteiger partial charge in [0, 0.05) is 6.04 Å². The van der Waals surface area contributed by atoms with E-state index in [1.807, 2.05) is 0 Å². The van der Waals surface area contributed by atoms with Gasteiger partial charge in [-0.1, -0.05) is 66.7 Å². The van der Waals surface area contributed by atoms with Gasteiger partial charge in [-0.15, -0.1) is 0 Å². The minimum Gasteiger partial charge on any atom is -0.314 e. The Morgan fingerprint density at radius 3 is 2.12 bits per heavy atom. The van der Waals surface area contributed by atoms with Gasteiger partial charge in [0.2, 0.25) is 0 Å². The molecule has 98 valence electrons. The van der Waals surface area contributed by atoms with Crippen LogP contribution in [-0.2, 0) is 0 Å². The number of unbranched alkanes of at least 4 members (excludes halogenated alkanes) is 1. The quantitative estimate of drug-likeness (QED) is 0.574. The number of nitrogens with one attached hydrogen (secondary N) is 1. The smallest absolute Gasteiger partial charge is 0.00951 e. The van der Waals surface area contributed by atoms with Crippen LogP contribution in [0.25, 0.3) is 0 Å². The predicted molar refractivity (Wildman–Crippen MR) is 74.8 cm³/mol. The lowest BCUT2D eigenvalue weighted by Crippen LogP contribution is -2.36. The van der Waals surface area contributed by atoms with Crippen LogP contribution in [-0.4, -0.2) is 12.6 Å². The Hall–Kier alpha value is -0.0400. The lowest BCUT2D eigenvalue weighted by molar-refractivity contribution is 0.285. The van der Waals surface area contributed by atoms with Crippen LogP contribution < -0.4 is 5.32 Å². The molecule has 0 aliphatic carbocycles. The normalized spacial score (nSPS) is 17.1. The fraction of sp³-hybridized carbons (Fsp3) is 1.00. The van der Waals surface area contributed by atoms with Gasteiger partial charge in [0.1, 0.15) is 0 Å². The van der Waals surface area contributed by atoms with Crippen molar-refractivity contribution in [2.75, 3.05) is 6.54 Å². The fourth-order valence-corrected chi connectivity index (χ4v) is 2.40. The van der Waals surface area contributed by atoms with Crippen molar-refractivity contribution in [1.82, 2.24) is 5.32 Å². The van der Waals surface area contributed by atoms with Gasteiger partial charge in [0.25, 0.3) is 0 Å². The van der Waals surface area contributed by atoms with Crippen LogP contribution in [0, 0.1) is 11.8 Å². The molecule has 0 fully saturated rings. The summed E-state index contributed by atoms with van der Waals surface area (Å²) in [5.41, 5.74) is 0. The highest BCUT2D eigenvalue weighted by Crippen LogP contribution is 2.22. The maximum atomic E-state index is 3.67. The zero-order valence-electron chi connectivity index (χ0n) is 12.2. The summed E-state index contributed by atoms with van der Waals surface area (Å²) in [6.07, 6.45) is 8.18. The van der Waals surface area contributed by atoms with Gasteiger partial charge in [0.15, 0.2) is 0 Å². The Balaban J connectivity index is 4.11. The van der Waals surface area contributed by atoms with Gasteiger partial charge in [-0.2, -0.15) is 0 Å². The lowest BCUT2D eigenvalue weighted by Gasteiger charge is -2.28. The van der Waals surface area contributed by atoms with Crippen molar-refractivity contribution in [2.24, 2.45) is 11.8 Å². The second-order valence-electron chi connectivity index (χ2n) is 5.20. The molecule has 3 unspecified atom stereocenters. The summed E-state index contributed by atoms with van der Waals surface area (Å²) in [5, 5.41) is 3.67. The number of hydrogen-bond acceptors (Lipinski definition) is 1.